The number of aryl methyl sites for hydroxylation is 1. The molecule has 0 unspecified atom stereocenters. The molecule has 3 rings (SSSR count). The van der Waals surface area contributed by atoms with Crippen LogP contribution in [-0.2, 0) is 6.42 Å². The highest BCUT2D eigenvalue weighted by Gasteiger charge is 2.20. The molecule has 0 saturated heterocycles. The summed E-state index contributed by atoms with van der Waals surface area (Å²) in [5, 5.41) is 14.7. The summed E-state index contributed by atoms with van der Waals surface area (Å²) in [4.78, 5) is 15.4. The van der Waals surface area contributed by atoms with Gasteiger partial charge in [0.15, 0.2) is 0 Å². The van der Waals surface area contributed by atoms with Gasteiger partial charge in [-0.3, -0.25) is 15.1 Å². The minimum atomic E-state index is -0.379. The van der Waals surface area contributed by atoms with Crippen molar-refractivity contribution in [3.63, 3.8) is 0 Å². The van der Waals surface area contributed by atoms with Crippen LogP contribution in [0.25, 0.3) is 0 Å². The summed E-state index contributed by atoms with van der Waals surface area (Å²) in [6.45, 7) is 2.04. The van der Waals surface area contributed by atoms with Crippen LogP contribution in [0.3, 0.4) is 0 Å². The number of halogens is 1. The Balaban J connectivity index is 1.95. The Hall–Kier alpha value is -2.73. The Morgan fingerprint density at radius 2 is 1.92 bits per heavy atom. The van der Waals surface area contributed by atoms with Gasteiger partial charge in [0.1, 0.15) is 5.69 Å². The maximum absolute atomic E-state index is 11.4. The molecule has 1 atom stereocenters. The first kappa shape index (κ1) is 18.1. The molecular weight excluding hydrogens is 394 g/mol. The second kappa shape index (κ2) is 8.10. The number of nitrogens with one attached hydrogen (secondary N) is 1. The Bertz CT molecular complexity index is 899. The molecule has 5 nitrogen and oxygen atoms in total. The van der Waals surface area contributed by atoms with Crippen molar-refractivity contribution < 1.29 is 4.92 Å². The third kappa shape index (κ3) is 4.46. The summed E-state index contributed by atoms with van der Waals surface area (Å²) in [7, 11) is 0. The molecule has 0 aliphatic rings. The number of pyridine rings is 1. The maximum atomic E-state index is 11.4. The molecule has 1 aromatic heterocycles. The monoisotopic (exact) mass is 411 g/mol. The fraction of sp³-hybridized carbons (Fsp3) is 0.150. The van der Waals surface area contributed by atoms with Crippen LogP contribution in [-0.4, -0.2) is 9.91 Å². The molecule has 1 N–H and O–H groups in total. The fourth-order valence-electron chi connectivity index (χ4n) is 2.74. The number of rotatable bonds is 6. The van der Waals surface area contributed by atoms with Crippen molar-refractivity contribution in [2.75, 3.05) is 5.32 Å². The normalized spacial score (nSPS) is 11.8. The molecule has 0 radical (unpaired) electrons. The summed E-state index contributed by atoms with van der Waals surface area (Å²) in [6.07, 6.45) is 2.40. The quantitative estimate of drug-likeness (QED) is 0.432. The van der Waals surface area contributed by atoms with Crippen LogP contribution >= 0.6 is 15.9 Å². The Morgan fingerprint density at radius 1 is 1.15 bits per heavy atom. The van der Waals surface area contributed by atoms with Gasteiger partial charge in [-0.1, -0.05) is 51.8 Å². The van der Waals surface area contributed by atoms with Crippen LogP contribution in [0, 0.1) is 17.0 Å². The molecule has 0 bridgehead atoms. The summed E-state index contributed by atoms with van der Waals surface area (Å²) in [6, 6.07) is 18.7. The lowest BCUT2D eigenvalue weighted by Gasteiger charge is -2.20. The SMILES string of the molecule is Cc1ccc(C[C@@H](Nc2cc(Br)ccc2[N+](=O)[O-])c2ccccn2)cc1. The number of aromatic nitrogens is 1. The van der Waals surface area contributed by atoms with E-state index in [1.54, 1.807) is 18.3 Å². The van der Waals surface area contributed by atoms with Crippen LogP contribution < -0.4 is 5.32 Å². The third-order valence-corrected chi connectivity index (χ3v) is 4.58. The van der Waals surface area contributed by atoms with Crippen molar-refractivity contribution in [2.45, 2.75) is 19.4 Å². The topological polar surface area (TPSA) is 68.1 Å². The van der Waals surface area contributed by atoms with E-state index in [0.717, 1.165) is 15.7 Å². The van der Waals surface area contributed by atoms with E-state index in [1.165, 1.54) is 11.6 Å². The van der Waals surface area contributed by atoms with Gasteiger partial charge in [0.2, 0.25) is 0 Å². The van der Waals surface area contributed by atoms with E-state index in [4.69, 9.17) is 0 Å². The first-order valence-corrected chi connectivity index (χ1v) is 8.99. The third-order valence-electron chi connectivity index (χ3n) is 4.09. The van der Waals surface area contributed by atoms with E-state index in [9.17, 15) is 10.1 Å². The zero-order valence-electron chi connectivity index (χ0n) is 14.2. The van der Waals surface area contributed by atoms with E-state index in [0.29, 0.717) is 12.1 Å². The van der Waals surface area contributed by atoms with E-state index in [1.807, 2.05) is 25.1 Å². The van der Waals surface area contributed by atoms with Crippen molar-refractivity contribution >= 4 is 27.3 Å². The number of nitro benzene ring substituents is 1. The summed E-state index contributed by atoms with van der Waals surface area (Å²) in [5.74, 6) is 0. The molecule has 6 heteroatoms. The molecule has 3 aromatic rings. The number of anilines is 1. The van der Waals surface area contributed by atoms with Crippen LogP contribution in [0.1, 0.15) is 22.9 Å². The van der Waals surface area contributed by atoms with Gasteiger partial charge in [0.05, 0.1) is 16.7 Å². The highest BCUT2D eigenvalue weighted by atomic mass is 79.9. The molecule has 0 saturated carbocycles. The standard InChI is InChI=1S/C20H18BrN3O2/c1-14-5-7-15(8-6-14)12-18(17-4-2-3-11-22-17)23-19-13-16(21)9-10-20(19)24(25)26/h2-11,13,18,23H,12H2,1H3/t18-/m1/s1. The predicted octanol–water partition coefficient (Wildman–Crippen LogP) is 5.46. The summed E-state index contributed by atoms with van der Waals surface area (Å²) < 4.78 is 0.778. The lowest BCUT2D eigenvalue weighted by atomic mass is 10.0. The number of hydrogen-bond donors (Lipinski definition) is 1. The number of nitro groups is 1. The van der Waals surface area contributed by atoms with Gasteiger partial charge < -0.3 is 5.32 Å². The van der Waals surface area contributed by atoms with Gasteiger partial charge in [-0.15, -0.1) is 0 Å². The zero-order chi connectivity index (χ0) is 18.5. The van der Waals surface area contributed by atoms with Gasteiger partial charge in [-0.05, 0) is 43.2 Å². The van der Waals surface area contributed by atoms with Gasteiger partial charge in [0, 0.05) is 16.7 Å². The lowest BCUT2D eigenvalue weighted by molar-refractivity contribution is -0.384. The van der Waals surface area contributed by atoms with Crippen LogP contribution in [0.4, 0.5) is 11.4 Å². The van der Waals surface area contributed by atoms with Crippen molar-refractivity contribution in [3.05, 3.63) is 98.3 Å². The molecule has 0 aliphatic heterocycles. The van der Waals surface area contributed by atoms with Crippen molar-refractivity contribution in [2.24, 2.45) is 0 Å². The van der Waals surface area contributed by atoms with Crippen molar-refractivity contribution in [3.8, 4) is 0 Å². The van der Waals surface area contributed by atoms with Crippen LogP contribution in [0.2, 0.25) is 0 Å². The lowest BCUT2D eigenvalue weighted by Crippen LogP contribution is -2.16. The Morgan fingerprint density at radius 3 is 2.58 bits per heavy atom. The van der Waals surface area contributed by atoms with Crippen molar-refractivity contribution in [1.82, 2.24) is 4.98 Å². The van der Waals surface area contributed by atoms with Gasteiger partial charge in [-0.25, -0.2) is 0 Å². The highest BCUT2D eigenvalue weighted by molar-refractivity contribution is 9.10. The fourth-order valence-corrected chi connectivity index (χ4v) is 3.10. The molecule has 0 spiro atoms. The molecule has 2 aromatic carbocycles. The number of nitrogens with zero attached hydrogens (tertiary/aromatic N) is 2. The van der Waals surface area contributed by atoms with Gasteiger partial charge >= 0.3 is 0 Å². The van der Waals surface area contributed by atoms with Crippen LogP contribution in [0.5, 0.6) is 0 Å². The molecule has 1 heterocycles. The second-order valence-corrected chi connectivity index (χ2v) is 6.98. The summed E-state index contributed by atoms with van der Waals surface area (Å²) in [5.41, 5.74) is 3.67. The average Bonchev–Trinajstić information content (AvgIpc) is 2.63. The highest BCUT2D eigenvalue weighted by Crippen LogP contribution is 2.32. The first-order chi connectivity index (χ1) is 12.5. The minimum absolute atomic E-state index is 0.0398. The summed E-state index contributed by atoms with van der Waals surface area (Å²) >= 11 is 3.39. The molecule has 0 aliphatic carbocycles. The van der Waals surface area contributed by atoms with Crippen molar-refractivity contribution in [1.29, 1.82) is 0 Å². The average molecular weight is 412 g/mol. The second-order valence-electron chi connectivity index (χ2n) is 6.06. The van der Waals surface area contributed by atoms with E-state index >= 15 is 0 Å². The largest absolute Gasteiger partial charge is 0.371 e. The van der Waals surface area contributed by atoms with Gasteiger partial charge in [0.25, 0.3) is 5.69 Å². The first-order valence-electron chi connectivity index (χ1n) is 8.20. The number of hydrogen-bond acceptors (Lipinski definition) is 4. The minimum Gasteiger partial charge on any atom is -0.371 e. The Kier molecular flexibility index (Phi) is 5.63. The van der Waals surface area contributed by atoms with E-state index in [2.05, 4.69) is 50.5 Å². The van der Waals surface area contributed by atoms with E-state index < -0.39 is 0 Å². The van der Waals surface area contributed by atoms with Gasteiger partial charge in [-0.2, -0.15) is 0 Å². The molecule has 132 valence electrons. The molecule has 0 fully saturated rings. The number of benzene rings is 2. The molecule has 26 heavy (non-hydrogen) atoms. The molecule has 0 amide bonds. The maximum Gasteiger partial charge on any atom is 0.292 e. The zero-order valence-corrected chi connectivity index (χ0v) is 15.8. The smallest absolute Gasteiger partial charge is 0.292 e. The van der Waals surface area contributed by atoms with Crippen LogP contribution in [0.15, 0.2) is 71.3 Å². The predicted molar refractivity (Wildman–Crippen MR) is 106 cm³/mol. The molecular formula is C20H18BrN3O2. The Labute approximate surface area is 160 Å². The van der Waals surface area contributed by atoms with E-state index in [-0.39, 0.29) is 16.7 Å².